The van der Waals surface area contributed by atoms with E-state index in [4.69, 9.17) is 4.74 Å². The number of carbonyl (C=O) groups is 2. The number of ether oxygens (including phenoxy) is 1. The average Bonchev–Trinajstić information content (AvgIpc) is 2.85. The van der Waals surface area contributed by atoms with Crippen molar-refractivity contribution in [2.75, 3.05) is 0 Å². The van der Waals surface area contributed by atoms with Gasteiger partial charge in [-0.1, -0.05) is 13.8 Å². The van der Waals surface area contributed by atoms with Crippen molar-refractivity contribution in [3.63, 3.8) is 0 Å². The van der Waals surface area contributed by atoms with Crippen molar-refractivity contribution < 1.29 is 23.8 Å². The predicted octanol–water partition coefficient (Wildman–Crippen LogP) is 3.59. The lowest BCUT2D eigenvalue weighted by Gasteiger charge is -2.62. The van der Waals surface area contributed by atoms with Crippen LogP contribution >= 0.6 is 0 Å². The number of esters is 1. The average molecular weight is 366 g/mol. The van der Waals surface area contributed by atoms with E-state index in [0.717, 1.165) is 25.7 Å². The van der Waals surface area contributed by atoms with Crippen molar-refractivity contribution in [2.45, 2.75) is 90.0 Å². The highest BCUT2D eigenvalue weighted by atomic mass is 19.1. The van der Waals surface area contributed by atoms with Crippen molar-refractivity contribution in [1.82, 2.24) is 0 Å². The van der Waals surface area contributed by atoms with Gasteiger partial charge >= 0.3 is 5.97 Å². The van der Waals surface area contributed by atoms with E-state index in [1.165, 1.54) is 6.92 Å². The van der Waals surface area contributed by atoms with Gasteiger partial charge in [-0.2, -0.15) is 0 Å². The van der Waals surface area contributed by atoms with Gasteiger partial charge in [-0.3, -0.25) is 9.59 Å². The van der Waals surface area contributed by atoms with Crippen LogP contribution in [0, 0.1) is 28.6 Å². The second-order valence-corrected chi connectivity index (χ2v) is 9.89. The Kier molecular flexibility index (Phi) is 4.08. The maximum Gasteiger partial charge on any atom is 0.302 e. The van der Waals surface area contributed by atoms with E-state index in [2.05, 4.69) is 13.8 Å². The first-order valence-electron chi connectivity index (χ1n) is 10.2. The Labute approximate surface area is 154 Å². The van der Waals surface area contributed by atoms with Crippen LogP contribution in [0.2, 0.25) is 0 Å². The van der Waals surface area contributed by atoms with Crippen LogP contribution in [-0.4, -0.2) is 34.7 Å². The van der Waals surface area contributed by atoms with Crippen LogP contribution in [0.5, 0.6) is 0 Å². The normalized spacial score (nSPS) is 53.4. The summed E-state index contributed by atoms with van der Waals surface area (Å²) in [6.07, 6.45) is 3.62. The Balaban J connectivity index is 1.67. The smallest absolute Gasteiger partial charge is 0.302 e. The number of hydrogen-bond donors (Lipinski definition) is 1. The van der Waals surface area contributed by atoms with E-state index in [-0.39, 0.29) is 53.9 Å². The zero-order chi connectivity index (χ0) is 18.9. The molecule has 4 rings (SSSR count). The van der Waals surface area contributed by atoms with Gasteiger partial charge in [0.2, 0.25) is 0 Å². The molecule has 146 valence electrons. The fourth-order valence-corrected chi connectivity index (χ4v) is 7.25. The first-order chi connectivity index (χ1) is 12.1. The molecule has 1 N–H and O–H groups in total. The van der Waals surface area contributed by atoms with Gasteiger partial charge in [0.25, 0.3) is 0 Å². The summed E-state index contributed by atoms with van der Waals surface area (Å²) in [6.45, 7) is 5.71. The minimum atomic E-state index is -1.20. The third kappa shape index (κ3) is 2.35. The molecular weight excluding hydrogens is 335 g/mol. The molecule has 4 aliphatic rings. The van der Waals surface area contributed by atoms with Gasteiger partial charge in [0.1, 0.15) is 18.1 Å². The molecule has 0 aromatic heterocycles. The Morgan fingerprint density at radius 1 is 1.15 bits per heavy atom. The molecule has 0 spiro atoms. The number of alkyl halides is 1. The predicted molar refractivity (Wildman–Crippen MR) is 94.0 cm³/mol. The maximum absolute atomic E-state index is 14.0. The molecule has 4 aliphatic carbocycles. The van der Waals surface area contributed by atoms with Gasteiger partial charge in [-0.25, -0.2) is 4.39 Å². The van der Waals surface area contributed by atoms with Crippen molar-refractivity contribution >= 4 is 11.8 Å². The maximum atomic E-state index is 14.0. The topological polar surface area (TPSA) is 63.6 Å². The molecule has 0 amide bonds. The zero-order valence-corrected chi connectivity index (χ0v) is 16.1. The summed E-state index contributed by atoms with van der Waals surface area (Å²) in [4.78, 5) is 24.7. The summed E-state index contributed by atoms with van der Waals surface area (Å²) in [5.41, 5.74) is -1.76. The largest absolute Gasteiger partial charge is 0.462 e. The summed E-state index contributed by atoms with van der Waals surface area (Å²) in [6, 6.07) is 0. The number of aliphatic hydroxyl groups is 1. The first-order valence-corrected chi connectivity index (χ1v) is 10.2. The van der Waals surface area contributed by atoms with Crippen LogP contribution in [0.3, 0.4) is 0 Å². The van der Waals surface area contributed by atoms with E-state index in [1.54, 1.807) is 0 Å². The summed E-state index contributed by atoms with van der Waals surface area (Å²) in [5, 5.41) is 11.3. The number of fused-ring (bicyclic) bond motifs is 5. The number of rotatable bonds is 1. The van der Waals surface area contributed by atoms with Crippen molar-refractivity contribution in [3.8, 4) is 0 Å². The molecule has 0 bridgehead atoms. The second-order valence-electron chi connectivity index (χ2n) is 9.89. The highest BCUT2D eigenvalue weighted by Crippen LogP contribution is 2.66. The lowest BCUT2D eigenvalue weighted by atomic mass is 9.43. The van der Waals surface area contributed by atoms with Gasteiger partial charge in [-0.15, -0.1) is 0 Å². The van der Waals surface area contributed by atoms with Crippen molar-refractivity contribution in [1.29, 1.82) is 0 Å². The van der Waals surface area contributed by atoms with Gasteiger partial charge < -0.3 is 9.84 Å². The monoisotopic (exact) mass is 366 g/mol. The summed E-state index contributed by atoms with van der Waals surface area (Å²) in [7, 11) is 0. The lowest BCUT2D eigenvalue weighted by Crippen LogP contribution is -2.65. The molecule has 4 nitrogen and oxygen atoms in total. The Bertz CT molecular complexity index is 636. The number of ketones is 1. The minimum Gasteiger partial charge on any atom is -0.462 e. The van der Waals surface area contributed by atoms with E-state index >= 15 is 0 Å². The van der Waals surface area contributed by atoms with E-state index in [1.807, 2.05) is 0 Å². The third-order valence-corrected chi connectivity index (χ3v) is 8.75. The van der Waals surface area contributed by atoms with Gasteiger partial charge in [0.15, 0.2) is 0 Å². The standard InChI is InChI=1S/C21H31FO4/c1-12(23)26-17-5-4-14-18-15(7-8-19(14,17)2)20(3)9-6-13(22)10-21(20,25)11-16(18)24/h13-15,17-18,25H,4-11H2,1-3H3. The van der Waals surface area contributed by atoms with Gasteiger partial charge in [0.05, 0.1) is 5.60 Å². The van der Waals surface area contributed by atoms with Crippen LogP contribution in [0.25, 0.3) is 0 Å². The Hall–Kier alpha value is -0.970. The van der Waals surface area contributed by atoms with Gasteiger partial charge in [-0.05, 0) is 50.4 Å². The lowest BCUT2D eigenvalue weighted by molar-refractivity contribution is -0.212. The molecule has 26 heavy (non-hydrogen) atoms. The number of halogens is 1. The van der Waals surface area contributed by atoms with Crippen LogP contribution in [0.15, 0.2) is 0 Å². The highest BCUT2D eigenvalue weighted by molar-refractivity contribution is 5.84. The fourth-order valence-electron chi connectivity index (χ4n) is 7.25. The molecule has 5 heteroatoms. The first kappa shape index (κ1) is 18.4. The molecule has 4 saturated carbocycles. The quantitative estimate of drug-likeness (QED) is 0.720. The SMILES string of the molecule is CC(=O)OC1CCC2C3C(=O)CC4(O)CC(F)CCC4(C)C3CCC12C. The van der Waals surface area contributed by atoms with E-state index < -0.39 is 17.2 Å². The number of Topliss-reactive ketones (excluding diaryl/α,β-unsaturated/α-hetero) is 1. The molecule has 4 fully saturated rings. The number of hydrogen-bond acceptors (Lipinski definition) is 4. The van der Waals surface area contributed by atoms with Crippen molar-refractivity contribution in [3.05, 3.63) is 0 Å². The molecule has 8 unspecified atom stereocenters. The molecule has 0 saturated heterocycles. The number of carbonyl (C=O) groups excluding carboxylic acids is 2. The Morgan fingerprint density at radius 3 is 2.58 bits per heavy atom. The van der Waals surface area contributed by atoms with Crippen LogP contribution in [0.4, 0.5) is 4.39 Å². The van der Waals surface area contributed by atoms with Crippen LogP contribution in [-0.2, 0) is 14.3 Å². The zero-order valence-electron chi connectivity index (χ0n) is 16.1. The minimum absolute atomic E-state index is 0.0793. The van der Waals surface area contributed by atoms with Crippen LogP contribution < -0.4 is 0 Å². The molecular formula is C21H31FO4. The highest BCUT2D eigenvalue weighted by Gasteiger charge is 2.67. The van der Waals surface area contributed by atoms with Crippen molar-refractivity contribution in [2.24, 2.45) is 28.6 Å². The van der Waals surface area contributed by atoms with Crippen LogP contribution in [0.1, 0.15) is 72.1 Å². The molecule has 0 radical (unpaired) electrons. The molecule has 0 aromatic rings. The molecule has 0 aliphatic heterocycles. The second kappa shape index (κ2) is 5.76. The van der Waals surface area contributed by atoms with Gasteiger partial charge in [0, 0.05) is 36.5 Å². The summed E-state index contributed by atoms with van der Waals surface area (Å²) in [5.74, 6) is 0.0637. The molecule has 0 heterocycles. The third-order valence-electron chi connectivity index (χ3n) is 8.75. The summed E-state index contributed by atoms with van der Waals surface area (Å²) >= 11 is 0. The van der Waals surface area contributed by atoms with E-state index in [0.29, 0.717) is 12.8 Å². The Morgan fingerprint density at radius 2 is 1.88 bits per heavy atom. The summed E-state index contributed by atoms with van der Waals surface area (Å²) < 4.78 is 19.7. The fraction of sp³-hybridized carbons (Fsp3) is 0.905. The molecule has 8 atom stereocenters. The molecule has 0 aromatic carbocycles. The van der Waals surface area contributed by atoms with E-state index in [9.17, 15) is 19.1 Å².